The van der Waals surface area contributed by atoms with Crippen LogP contribution >= 0.6 is 11.8 Å². The number of carbonyl (C=O) groups excluding carboxylic acids is 1. The monoisotopic (exact) mass is 372 g/mol. The van der Waals surface area contributed by atoms with Crippen molar-refractivity contribution < 1.29 is 4.79 Å². The summed E-state index contributed by atoms with van der Waals surface area (Å²) in [5.74, 6) is 1.71. The maximum absolute atomic E-state index is 12.7. The summed E-state index contributed by atoms with van der Waals surface area (Å²) in [7, 11) is 1.91. The van der Waals surface area contributed by atoms with Crippen molar-refractivity contribution in [1.82, 2.24) is 29.6 Å². The summed E-state index contributed by atoms with van der Waals surface area (Å²) in [6.07, 6.45) is 3.52. The van der Waals surface area contributed by atoms with E-state index in [-0.39, 0.29) is 11.9 Å². The minimum atomic E-state index is -0.302. The number of aryl methyl sites for hydroxylation is 2. The third-order valence-corrected chi connectivity index (χ3v) is 5.25. The lowest BCUT2D eigenvalue weighted by atomic mass is 10.2. The summed E-state index contributed by atoms with van der Waals surface area (Å²) in [5.41, 5.74) is 1.94. The molecule has 1 atom stereocenters. The fourth-order valence-electron chi connectivity index (χ4n) is 2.91. The highest BCUT2D eigenvalue weighted by atomic mass is 32.2. The number of aromatic nitrogens is 5. The number of benzene rings is 1. The summed E-state index contributed by atoms with van der Waals surface area (Å²) >= 11 is 1.57. The van der Waals surface area contributed by atoms with Crippen molar-refractivity contribution in [3.05, 3.63) is 36.4 Å². The van der Waals surface area contributed by atoms with E-state index in [0.29, 0.717) is 6.54 Å². The Balaban J connectivity index is 1.65. The van der Waals surface area contributed by atoms with Crippen LogP contribution in [0.2, 0.25) is 0 Å². The van der Waals surface area contributed by atoms with Crippen molar-refractivity contribution in [3.63, 3.8) is 0 Å². The number of para-hydroxylation sites is 2. The first-order chi connectivity index (χ1) is 12.6. The van der Waals surface area contributed by atoms with Crippen LogP contribution in [0.25, 0.3) is 11.0 Å². The lowest BCUT2D eigenvalue weighted by molar-refractivity contribution is -0.123. The molecule has 0 saturated carbocycles. The Morgan fingerprint density at radius 2 is 2.15 bits per heavy atom. The molecule has 2 heterocycles. The van der Waals surface area contributed by atoms with Gasteiger partial charge in [0.1, 0.15) is 18.2 Å². The molecule has 0 aliphatic heterocycles. The van der Waals surface area contributed by atoms with E-state index < -0.39 is 0 Å². The van der Waals surface area contributed by atoms with E-state index in [0.717, 1.165) is 40.6 Å². The molecule has 2 aromatic heterocycles. The van der Waals surface area contributed by atoms with Crippen LogP contribution in [0.15, 0.2) is 35.7 Å². The molecule has 0 aliphatic rings. The van der Waals surface area contributed by atoms with Gasteiger partial charge in [-0.05, 0) is 25.5 Å². The van der Waals surface area contributed by atoms with Gasteiger partial charge in [-0.25, -0.2) is 4.98 Å². The quantitative estimate of drug-likeness (QED) is 0.486. The molecular formula is C18H24N6OS. The second-order valence-electron chi connectivity index (χ2n) is 6.18. The van der Waals surface area contributed by atoms with E-state index in [1.165, 1.54) is 0 Å². The zero-order valence-electron chi connectivity index (χ0n) is 15.3. The number of hydrogen-bond donors (Lipinski definition) is 1. The predicted molar refractivity (Wildman–Crippen MR) is 103 cm³/mol. The topological polar surface area (TPSA) is 77.6 Å². The third-order valence-electron chi connectivity index (χ3n) is 4.21. The minimum absolute atomic E-state index is 0.00377. The fraction of sp³-hybridized carbons (Fsp3) is 0.444. The van der Waals surface area contributed by atoms with Gasteiger partial charge in [0.15, 0.2) is 5.16 Å². The maximum Gasteiger partial charge on any atom is 0.242 e. The Bertz CT molecular complexity index is 887. The molecule has 3 rings (SSSR count). The van der Waals surface area contributed by atoms with Crippen molar-refractivity contribution in [2.45, 2.75) is 37.9 Å². The number of carbonyl (C=O) groups is 1. The van der Waals surface area contributed by atoms with Crippen LogP contribution < -0.4 is 5.32 Å². The molecule has 138 valence electrons. The van der Waals surface area contributed by atoms with Crippen LogP contribution in [0.1, 0.15) is 32.1 Å². The second-order valence-corrected chi connectivity index (χ2v) is 7.24. The van der Waals surface area contributed by atoms with Gasteiger partial charge in [-0.3, -0.25) is 4.79 Å². The van der Waals surface area contributed by atoms with E-state index in [9.17, 15) is 4.79 Å². The van der Waals surface area contributed by atoms with E-state index in [1.807, 2.05) is 42.8 Å². The summed E-state index contributed by atoms with van der Waals surface area (Å²) < 4.78 is 3.92. The smallest absolute Gasteiger partial charge is 0.242 e. The fourth-order valence-corrected chi connectivity index (χ4v) is 3.65. The van der Waals surface area contributed by atoms with Crippen LogP contribution in [0.5, 0.6) is 0 Å². The zero-order chi connectivity index (χ0) is 18.5. The number of nitrogens with zero attached hydrogens (tertiary/aromatic N) is 5. The first-order valence-corrected chi connectivity index (χ1v) is 9.80. The molecule has 1 amide bonds. The molecule has 0 radical (unpaired) electrons. The standard InChI is InChI=1S/C18H24N6OS/c1-4-7-16-21-14-8-5-6-9-15(14)24(16)13(2)17(25)19-10-11-26-18-22-20-12-23(18)3/h5-6,8-9,12-13H,4,7,10-11H2,1-3H3,(H,19,25). The summed E-state index contributed by atoms with van der Waals surface area (Å²) in [6, 6.07) is 7.67. The summed E-state index contributed by atoms with van der Waals surface area (Å²) in [6.45, 7) is 4.63. The van der Waals surface area contributed by atoms with Gasteiger partial charge >= 0.3 is 0 Å². The Morgan fingerprint density at radius 3 is 2.88 bits per heavy atom. The minimum Gasteiger partial charge on any atom is -0.353 e. The molecular weight excluding hydrogens is 348 g/mol. The molecule has 0 saturated heterocycles. The Hall–Kier alpha value is -2.35. The van der Waals surface area contributed by atoms with Crippen LogP contribution in [-0.4, -0.2) is 42.5 Å². The lowest BCUT2D eigenvalue weighted by Gasteiger charge is -2.17. The van der Waals surface area contributed by atoms with Crippen LogP contribution in [0.4, 0.5) is 0 Å². The number of imidazole rings is 1. The Kier molecular flexibility index (Phi) is 5.92. The van der Waals surface area contributed by atoms with Gasteiger partial charge in [0, 0.05) is 25.8 Å². The second kappa shape index (κ2) is 8.35. The molecule has 26 heavy (non-hydrogen) atoms. The molecule has 3 aromatic rings. The van der Waals surface area contributed by atoms with Gasteiger partial charge in [-0.15, -0.1) is 10.2 Å². The number of rotatable bonds is 8. The van der Waals surface area contributed by atoms with Gasteiger partial charge in [0.25, 0.3) is 0 Å². The van der Waals surface area contributed by atoms with Crippen molar-refractivity contribution >= 4 is 28.7 Å². The van der Waals surface area contributed by atoms with E-state index in [1.54, 1.807) is 18.1 Å². The van der Waals surface area contributed by atoms with E-state index in [2.05, 4.69) is 27.0 Å². The average Bonchev–Trinajstić information content (AvgIpc) is 3.21. The zero-order valence-corrected chi connectivity index (χ0v) is 16.2. The highest BCUT2D eigenvalue weighted by Gasteiger charge is 2.20. The average molecular weight is 372 g/mol. The van der Waals surface area contributed by atoms with Crippen molar-refractivity contribution in [2.24, 2.45) is 7.05 Å². The van der Waals surface area contributed by atoms with Crippen molar-refractivity contribution in [1.29, 1.82) is 0 Å². The molecule has 8 heteroatoms. The Morgan fingerprint density at radius 1 is 1.35 bits per heavy atom. The number of hydrogen-bond acceptors (Lipinski definition) is 5. The molecule has 1 unspecified atom stereocenters. The summed E-state index contributed by atoms with van der Waals surface area (Å²) in [4.78, 5) is 17.4. The number of nitrogens with one attached hydrogen (secondary N) is 1. The van der Waals surface area contributed by atoms with Crippen LogP contribution in [0.3, 0.4) is 0 Å². The number of fused-ring (bicyclic) bond motifs is 1. The number of thioether (sulfide) groups is 1. The largest absolute Gasteiger partial charge is 0.353 e. The molecule has 1 aromatic carbocycles. The van der Waals surface area contributed by atoms with E-state index in [4.69, 9.17) is 4.98 Å². The third kappa shape index (κ3) is 3.90. The van der Waals surface area contributed by atoms with Crippen molar-refractivity contribution in [2.75, 3.05) is 12.3 Å². The normalized spacial score (nSPS) is 12.4. The molecule has 0 spiro atoms. The SMILES string of the molecule is CCCc1nc2ccccc2n1C(C)C(=O)NCCSc1nncn1C. The predicted octanol–water partition coefficient (Wildman–Crippen LogP) is 2.59. The summed E-state index contributed by atoms with van der Waals surface area (Å²) in [5, 5.41) is 11.7. The van der Waals surface area contributed by atoms with Gasteiger partial charge < -0.3 is 14.5 Å². The highest BCUT2D eigenvalue weighted by molar-refractivity contribution is 7.99. The maximum atomic E-state index is 12.7. The van der Waals surface area contributed by atoms with Crippen LogP contribution in [0, 0.1) is 0 Å². The van der Waals surface area contributed by atoms with Crippen LogP contribution in [-0.2, 0) is 18.3 Å². The molecule has 0 bridgehead atoms. The highest BCUT2D eigenvalue weighted by Crippen LogP contribution is 2.22. The first-order valence-electron chi connectivity index (χ1n) is 8.82. The molecule has 7 nitrogen and oxygen atoms in total. The van der Waals surface area contributed by atoms with Gasteiger partial charge in [0.2, 0.25) is 5.91 Å². The van der Waals surface area contributed by atoms with Gasteiger partial charge in [-0.2, -0.15) is 0 Å². The van der Waals surface area contributed by atoms with E-state index >= 15 is 0 Å². The van der Waals surface area contributed by atoms with Gasteiger partial charge in [-0.1, -0.05) is 30.8 Å². The molecule has 0 fully saturated rings. The number of amides is 1. The molecule has 1 N–H and O–H groups in total. The van der Waals surface area contributed by atoms with Crippen molar-refractivity contribution in [3.8, 4) is 0 Å². The van der Waals surface area contributed by atoms with Gasteiger partial charge in [0.05, 0.1) is 11.0 Å². The molecule has 0 aliphatic carbocycles. The Labute approximate surface area is 157 Å². The lowest BCUT2D eigenvalue weighted by Crippen LogP contribution is -2.33. The first kappa shape index (κ1) is 18.4.